The summed E-state index contributed by atoms with van der Waals surface area (Å²) in [7, 11) is 0. The number of hydrogen-bond acceptors (Lipinski definition) is 5. The van der Waals surface area contributed by atoms with Gasteiger partial charge in [-0.3, -0.25) is 10.0 Å². The molecule has 24 heavy (non-hydrogen) atoms. The van der Waals surface area contributed by atoms with Crippen LogP contribution in [0.2, 0.25) is 0 Å². The Morgan fingerprint density at radius 1 is 1.25 bits per heavy atom. The van der Waals surface area contributed by atoms with Crippen molar-refractivity contribution in [2.75, 3.05) is 0 Å². The number of rotatable bonds is 5. The molecule has 1 aromatic rings. The zero-order valence-electron chi connectivity index (χ0n) is 14.2. The van der Waals surface area contributed by atoms with Gasteiger partial charge in [-0.15, -0.1) is 0 Å². The van der Waals surface area contributed by atoms with Crippen molar-refractivity contribution in [2.24, 2.45) is 0 Å². The van der Waals surface area contributed by atoms with Gasteiger partial charge < -0.3 is 14.8 Å². The van der Waals surface area contributed by atoms with Gasteiger partial charge in [0.15, 0.2) is 0 Å². The van der Waals surface area contributed by atoms with E-state index in [9.17, 15) is 9.59 Å². The smallest absolute Gasteiger partial charge is 0.408 e. The third-order valence-corrected chi connectivity index (χ3v) is 3.76. The average molecular weight is 336 g/mol. The minimum absolute atomic E-state index is 0.183. The normalized spacial score (nSPS) is 23.1. The van der Waals surface area contributed by atoms with Gasteiger partial charge in [-0.25, -0.2) is 10.3 Å². The van der Waals surface area contributed by atoms with E-state index in [1.54, 1.807) is 26.3 Å². The van der Waals surface area contributed by atoms with Gasteiger partial charge in [0.05, 0.1) is 12.7 Å². The molecule has 1 aliphatic rings. The predicted octanol–water partition coefficient (Wildman–Crippen LogP) is 2.13. The summed E-state index contributed by atoms with van der Waals surface area (Å²) in [4.78, 5) is 23.9. The molecular formula is C17H24N2O5. The molecule has 132 valence electrons. The van der Waals surface area contributed by atoms with Crippen LogP contribution in [-0.2, 0) is 20.9 Å². The summed E-state index contributed by atoms with van der Waals surface area (Å²) in [5, 5.41) is 11.5. The van der Waals surface area contributed by atoms with Gasteiger partial charge in [-0.2, -0.15) is 0 Å². The topological polar surface area (TPSA) is 96.9 Å². The van der Waals surface area contributed by atoms with Crippen LogP contribution in [0.1, 0.15) is 39.2 Å². The minimum Gasteiger partial charge on any atom is -0.444 e. The number of benzene rings is 1. The molecule has 2 amide bonds. The first-order valence-electron chi connectivity index (χ1n) is 7.85. The number of hydroxylamine groups is 1. The van der Waals surface area contributed by atoms with Crippen LogP contribution >= 0.6 is 0 Å². The lowest BCUT2D eigenvalue weighted by Gasteiger charge is -2.45. The van der Waals surface area contributed by atoms with Crippen LogP contribution in [-0.4, -0.2) is 34.5 Å². The maximum absolute atomic E-state index is 11.9. The van der Waals surface area contributed by atoms with Gasteiger partial charge in [0.25, 0.3) is 5.91 Å². The molecule has 0 unspecified atom stereocenters. The molecule has 0 spiro atoms. The van der Waals surface area contributed by atoms with Gasteiger partial charge >= 0.3 is 6.09 Å². The van der Waals surface area contributed by atoms with E-state index >= 15 is 0 Å². The lowest BCUT2D eigenvalue weighted by molar-refractivity contribution is -0.149. The molecule has 3 N–H and O–H groups in total. The molecule has 0 atom stereocenters. The second-order valence-corrected chi connectivity index (χ2v) is 6.98. The number of alkyl carbamates (subject to hydrolysis) is 1. The van der Waals surface area contributed by atoms with Gasteiger partial charge in [-0.1, -0.05) is 30.3 Å². The second-order valence-electron chi connectivity index (χ2n) is 6.98. The molecule has 1 fully saturated rings. The highest BCUT2D eigenvalue weighted by Gasteiger charge is 2.52. The van der Waals surface area contributed by atoms with E-state index in [0.29, 0.717) is 6.61 Å². The maximum atomic E-state index is 11.9. The Balaban J connectivity index is 1.90. The molecule has 0 bridgehead atoms. The Morgan fingerprint density at radius 2 is 1.88 bits per heavy atom. The Bertz CT molecular complexity index is 576. The van der Waals surface area contributed by atoms with Crippen molar-refractivity contribution >= 4 is 12.0 Å². The first-order valence-corrected chi connectivity index (χ1v) is 7.85. The first kappa shape index (κ1) is 18.2. The van der Waals surface area contributed by atoms with Crippen molar-refractivity contribution in [3.8, 4) is 0 Å². The van der Waals surface area contributed by atoms with E-state index in [4.69, 9.17) is 14.7 Å². The van der Waals surface area contributed by atoms with Gasteiger partial charge in [0.2, 0.25) is 0 Å². The van der Waals surface area contributed by atoms with Crippen molar-refractivity contribution in [1.82, 2.24) is 10.8 Å². The summed E-state index contributed by atoms with van der Waals surface area (Å²) in [5.41, 5.74) is 0.752. The van der Waals surface area contributed by atoms with E-state index in [0.717, 1.165) is 5.56 Å². The van der Waals surface area contributed by atoms with Crippen LogP contribution in [0.25, 0.3) is 0 Å². The summed E-state index contributed by atoms with van der Waals surface area (Å²) in [6.45, 7) is 5.63. The van der Waals surface area contributed by atoms with Gasteiger partial charge in [-0.05, 0) is 26.3 Å². The van der Waals surface area contributed by atoms with E-state index in [1.807, 2.05) is 30.3 Å². The van der Waals surface area contributed by atoms with Crippen molar-refractivity contribution < 1.29 is 24.3 Å². The maximum Gasteiger partial charge on any atom is 0.408 e. The molecule has 0 radical (unpaired) electrons. The van der Waals surface area contributed by atoms with Crippen molar-refractivity contribution in [3.05, 3.63) is 35.9 Å². The van der Waals surface area contributed by atoms with Crippen LogP contribution < -0.4 is 10.8 Å². The molecule has 7 nitrogen and oxygen atoms in total. The average Bonchev–Trinajstić information content (AvgIpc) is 2.47. The zero-order chi connectivity index (χ0) is 17.8. The van der Waals surface area contributed by atoms with Crippen molar-refractivity contribution in [2.45, 2.75) is 57.5 Å². The third-order valence-electron chi connectivity index (χ3n) is 3.76. The van der Waals surface area contributed by atoms with E-state index < -0.39 is 23.1 Å². The summed E-state index contributed by atoms with van der Waals surface area (Å²) in [6, 6.07) is 9.67. The van der Waals surface area contributed by atoms with Gasteiger partial charge in [0.1, 0.15) is 11.1 Å². The molecule has 1 aliphatic carbocycles. The van der Waals surface area contributed by atoms with Crippen molar-refractivity contribution in [1.29, 1.82) is 0 Å². The summed E-state index contributed by atoms with van der Waals surface area (Å²) >= 11 is 0. The molecule has 0 aliphatic heterocycles. The predicted molar refractivity (Wildman–Crippen MR) is 86.3 cm³/mol. The number of amides is 2. The SMILES string of the molecule is CC(C)(C)OC(=O)N[C@]1(C(=O)NO)C[C@H](OCc2ccccc2)C1. The number of nitrogens with one attached hydrogen (secondary N) is 2. The number of ether oxygens (including phenoxy) is 2. The number of hydrogen-bond donors (Lipinski definition) is 3. The monoisotopic (exact) mass is 336 g/mol. The molecule has 1 saturated carbocycles. The lowest BCUT2D eigenvalue weighted by atomic mass is 9.73. The molecule has 0 saturated heterocycles. The van der Waals surface area contributed by atoms with E-state index in [-0.39, 0.29) is 18.9 Å². The van der Waals surface area contributed by atoms with Crippen molar-refractivity contribution in [3.63, 3.8) is 0 Å². The largest absolute Gasteiger partial charge is 0.444 e. The Labute approximate surface area is 141 Å². The number of carbonyl (C=O) groups excluding carboxylic acids is 2. The molecule has 7 heteroatoms. The highest BCUT2D eigenvalue weighted by atomic mass is 16.6. The summed E-state index contributed by atoms with van der Waals surface area (Å²) < 4.78 is 10.9. The van der Waals surface area contributed by atoms with Crippen LogP contribution in [0.5, 0.6) is 0 Å². The van der Waals surface area contributed by atoms with E-state index in [2.05, 4.69) is 5.32 Å². The van der Waals surface area contributed by atoms with Crippen LogP contribution in [0.3, 0.4) is 0 Å². The Hall–Kier alpha value is -2.12. The molecular weight excluding hydrogens is 312 g/mol. The van der Waals surface area contributed by atoms with Crippen LogP contribution in [0.4, 0.5) is 4.79 Å². The van der Waals surface area contributed by atoms with Gasteiger partial charge in [0, 0.05) is 12.8 Å². The van der Waals surface area contributed by atoms with Crippen LogP contribution in [0, 0.1) is 0 Å². The Kier molecular flexibility index (Phi) is 5.46. The highest BCUT2D eigenvalue weighted by molar-refractivity contribution is 5.90. The first-order chi connectivity index (χ1) is 11.2. The fraction of sp³-hybridized carbons (Fsp3) is 0.529. The zero-order valence-corrected chi connectivity index (χ0v) is 14.2. The standard InChI is InChI=1S/C17H24N2O5/c1-16(2,3)24-15(21)18-17(14(20)19-22)9-13(10-17)23-11-12-7-5-4-6-8-12/h4-8,13,22H,9-11H2,1-3H3,(H,18,21)(H,19,20)/t13-,17+. The second kappa shape index (κ2) is 7.19. The lowest BCUT2D eigenvalue weighted by Crippen LogP contribution is -2.67. The fourth-order valence-electron chi connectivity index (χ4n) is 2.57. The quantitative estimate of drug-likeness (QED) is 0.565. The molecule has 0 heterocycles. The van der Waals surface area contributed by atoms with E-state index in [1.165, 1.54) is 0 Å². The van der Waals surface area contributed by atoms with Crippen LogP contribution in [0.15, 0.2) is 30.3 Å². The fourth-order valence-corrected chi connectivity index (χ4v) is 2.57. The summed E-state index contributed by atoms with van der Waals surface area (Å²) in [6.07, 6.45) is -0.346. The molecule has 0 aromatic heterocycles. The molecule has 1 aromatic carbocycles. The highest BCUT2D eigenvalue weighted by Crippen LogP contribution is 2.35. The molecule has 2 rings (SSSR count). The Morgan fingerprint density at radius 3 is 2.42 bits per heavy atom. The number of carbonyl (C=O) groups is 2. The third kappa shape index (κ3) is 4.69. The summed E-state index contributed by atoms with van der Waals surface area (Å²) in [5.74, 6) is -0.673. The minimum atomic E-state index is -1.21.